The Kier molecular flexibility index (Phi) is 6.50. The van der Waals surface area contributed by atoms with Crippen molar-refractivity contribution >= 4 is 12.0 Å². The van der Waals surface area contributed by atoms with Gasteiger partial charge >= 0.3 is 12.0 Å². The molecule has 27 heavy (non-hydrogen) atoms. The van der Waals surface area contributed by atoms with E-state index in [0.29, 0.717) is 17.1 Å². The van der Waals surface area contributed by atoms with Crippen LogP contribution in [0, 0.1) is 13.8 Å². The SMILES string of the molecule is COC(=O)c1cc(CN(C)C(=O)NC(C)c2cc(C)ccc2OC)oc1C. The first kappa shape index (κ1) is 20.4. The summed E-state index contributed by atoms with van der Waals surface area (Å²) < 4.78 is 15.7. The Bertz CT molecular complexity index is 828. The Balaban J connectivity index is 2.06. The summed E-state index contributed by atoms with van der Waals surface area (Å²) in [5, 5.41) is 2.95. The van der Waals surface area contributed by atoms with Gasteiger partial charge in [0.15, 0.2) is 0 Å². The first-order valence-corrected chi connectivity index (χ1v) is 8.60. The molecule has 0 aliphatic rings. The van der Waals surface area contributed by atoms with E-state index in [4.69, 9.17) is 13.9 Å². The number of nitrogens with zero attached hydrogens (tertiary/aromatic N) is 1. The summed E-state index contributed by atoms with van der Waals surface area (Å²) in [5.41, 5.74) is 2.35. The third-order valence-corrected chi connectivity index (χ3v) is 4.31. The normalized spacial score (nSPS) is 11.6. The van der Waals surface area contributed by atoms with E-state index in [2.05, 4.69) is 5.32 Å². The van der Waals surface area contributed by atoms with Crippen molar-refractivity contribution in [3.63, 3.8) is 0 Å². The number of urea groups is 1. The number of ether oxygens (including phenoxy) is 2. The van der Waals surface area contributed by atoms with E-state index in [0.717, 1.165) is 16.9 Å². The topological polar surface area (TPSA) is 81.0 Å². The van der Waals surface area contributed by atoms with Gasteiger partial charge in [-0.1, -0.05) is 17.7 Å². The molecule has 7 heteroatoms. The number of carbonyl (C=O) groups is 2. The van der Waals surface area contributed by atoms with Crippen molar-refractivity contribution in [2.75, 3.05) is 21.3 Å². The van der Waals surface area contributed by atoms with Crippen LogP contribution in [-0.4, -0.2) is 38.2 Å². The van der Waals surface area contributed by atoms with E-state index in [1.54, 1.807) is 27.1 Å². The van der Waals surface area contributed by atoms with Crippen LogP contribution in [0.2, 0.25) is 0 Å². The lowest BCUT2D eigenvalue weighted by Crippen LogP contribution is -2.38. The first-order valence-electron chi connectivity index (χ1n) is 8.60. The molecule has 0 fully saturated rings. The largest absolute Gasteiger partial charge is 0.496 e. The summed E-state index contributed by atoms with van der Waals surface area (Å²) >= 11 is 0. The molecule has 2 amide bonds. The molecule has 1 atom stereocenters. The molecule has 1 aromatic heterocycles. The van der Waals surface area contributed by atoms with E-state index in [9.17, 15) is 9.59 Å². The van der Waals surface area contributed by atoms with Crippen molar-refractivity contribution < 1.29 is 23.5 Å². The highest BCUT2D eigenvalue weighted by molar-refractivity contribution is 5.90. The van der Waals surface area contributed by atoms with E-state index < -0.39 is 5.97 Å². The minimum Gasteiger partial charge on any atom is -0.496 e. The van der Waals surface area contributed by atoms with Crippen LogP contribution in [0.5, 0.6) is 5.75 Å². The molecule has 0 spiro atoms. The van der Waals surface area contributed by atoms with Crippen LogP contribution < -0.4 is 10.1 Å². The molecule has 1 unspecified atom stereocenters. The molecule has 0 bridgehead atoms. The van der Waals surface area contributed by atoms with E-state index >= 15 is 0 Å². The van der Waals surface area contributed by atoms with Crippen LogP contribution in [0.15, 0.2) is 28.7 Å². The Morgan fingerprint density at radius 3 is 2.56 bits per heavy atom. The molecule has 146 valence electrons. The Labute approximate surface area is 159 Å². The van der Waals surface area contributed by atoms with Crippen LogP contribution in [0.3, 0.4) is 0 Å². The molecule has 7 nitrogen and oxygen atoms in total. The van der Waals surface area contributed by atoms with E-state index in [-0.39, 0.29) is 18.6 Å². The van der Waals surface area contributed by atoms with Gasteiger partial charge in [0, 0.05) is 12.6 Å². The van der Waals surface area contributed by atoms with Crippen molar-refractivity contribution in [3.05, 3.63) is 52.5 Å². The zero-order valence-corrected chi connectivity index (χ0v) is 16.6. The minimum atomic E-state index is -0.463. The second-order valence-corrected chi connectivity index (χ2v) is 6.45. The number of furan rings is 1. The van der Waals surface area contributed by atoms with Crippen molar-refractivity contribution in [2.24, 2.45) is 0 Å². The monoisotopic (exact) mass is 374 g/mol. The molecule has 0 saturated carbocycles. The van der Waals surface area contributed by atoms with Gasteiger partial charge in [-0.05, 0) is 32.9 Å². The van der Waals surface area contributed by atoms with Gasteiger partial charge in [0.25, 0.3) is 0 Å². The number of rotatable bonds is 6. The highest BCUT2D eigenvalue weighted by Crippen LogP contribution is 2.26. The van der Waals surface area contributed by atoms with Gasteiger partial charge in [0.2, 0.25) is 0 Å². The maximum Gasteiger partial charge on any atom is 0.341 e. The molecular weight excluding hydrogens is 348 g/mol. The molecule has 1 aromatic carbocycles. The molecule has 0 aliphatic carbocycles. The van der Waals surface area contributed by atoms with Crippen molar-refractivity contribution in [2.45, 2.75) is 33.4 Å². The molecule has 2 aromatic rings. The molecule has 0 radical (unpaired) electrons. The number of hydrogen-bond acceptors (Lipinski definition) is 5. The quantitative estimate of drug-likeness (QED) is 0.782. The molecule has 0 aliphatic heterocycles. The smallest absolute Gasteiger partial charge is 0.341 e. The van der Waals surface area contributed by atoms with Crippen LogP contribution in [0.1, 0.15) is 46.0 Å². The third kappa shape index (κ3) is 4.81. The third-order valence-electron chi connectivity index (χ3n) is 4.31. The summed E-state index contributed by atoms with van der Waals surface area (Å²) in [6.45, 7) is 5.79. The summed E-state index contributed by atoms with van der Waals surface area (Å²) in [5.74, 6) is 1.23. The van der Waals surface area contributed by atoms with Crippen LogP contribution in [0.25, 0.3) is 0 Å². The van der Waals surface area contributed by atoms with Gasteiger partial charge < -0.3 is 24.1 Å². The lowest BCUT2D eigenvalue weighted by atomic mass is 10.0. The van der Waals surface area contributed by atoms with Gasteiger partial charge in [-0.15, -0.1) is 0 Å². The summed E-state index contributed by atoms with van der Waals surface area (Å²) in [4.78, 5) is 25.7. The lowest BCUT2D eigenvalue weighted by molar-refractivity contribution is 0.0598. The number of carbonyl (C=O) groups excluding carboxylic acids is 2. The van der Waals surface area contributed by atoms with Gasteiger partial charge in [-0.3, -0.25) is 0 Å². The molecule has 1 heterocycles. The van der Waals surface area contributed by atoms with Gasteiger partial charge in [-0.2, -0.15) is 0 Å². The first-order chi connectivity index (χ1) is 12.8. The predicted molar refractivity (Wildman–Crippen MR) is 101 cm³/mol. The second-order valence-electron chi connectivity index (χ2n) is 6.45. The Morgan fingerprint density at radius 1 is 1.22 bits per heavy atom. The number of nitrogens with one attached hydrogen (secondary N) is 1. The zero-order valence-electron chi connectivity index (χ0n) is 16.6. The molecule has 2 rings (SSSR count). The number of aryl methyl sites for hydroxylation is 2. The highest BCUT2D eigenvalue weighted by Gasteiger charge is 2.20. The average Bonchev–Trinajstić information content (AvgIpc) is 3.00. The molecule has 0 saturated heterocycles. The van der Waals surface area contributed by atoms with Crippen LogP contribution in [-0.2, 0) is 11.3 Å². The fourth-order valence-electron chi connectivity index (χ4n) is 2.81. The lowest BCUT2D eigenvalue weighted by Gasteiger charge is -2.22. The predicted octanol–water partition coefficient (Wildman–Crippen LogP) is 3.59. The second kappa shape index (κ2) is 8.62. The number of hydrogen-bond donors (Lipinski definition) is 1. The van der Waals surface area contributed by atoms with E-state index in [1.807, 2.05) is 32.0 Å². The summed E-state index contributed by atoms with van der Waals surface area (Å²) in [6, 6.07) is 6.93. The van der Waals surface area contributed by atoms with Gasteiger partial charge in [0.05, 0.1) is 26.8 Å². The average molecular weight is 374 g/mol. The zero-order chi connectivity index (χ0) is 20.1. The number of amides is 2. The van der Waals surface area contributed by atoms with Gasteiger partial charge in [0.1, 0.15) is 22.8 Å². The maximum absolute atomic E-state index is 12.5. The van der Waals surface area contributed by atoms with E-state index in [1.165, 1.54) is 12.0 Å². The fourth-order valence-corrected chi connectivity index (χ4v) is 2.81. The van der Waals surface area contributed by atoms with Crippen molar-refractivity contribution in [1.29, 1.82) is 0 Å². The molecule has 1 N–H and O–H groups in total. The maximum atomic E-state index is 12.5. The summed E-state index contributed by atoms with van der Waals surface area (Å²) in [6.07, 6.45) is 0. The van der Waals surface area contributed by atoms with Crippen molar-refractivity contribution in [1.82, 2.24) is 10.2 Å². The Morgan fingerprint density at radius 2 is 1.93 bits per heavy atom. The fraction of sp³-hybridized carbons (Fsp3) is 0.400. The van der Waals surface area contributed by atoms with Crippen molar-refractivity contribution in [3.8, 4) is 5.75 Å². The number of esters is 1. The number of benzene rings is 1. The minimum absolute atomic E-state index is 0.224. The van der Waals surface area contributed by atoms with Crippen LogP contribution in [0.4, 0.5) is 4.79 Å². The standard InChI is InChI=1S/C20H26N2O5/c1-12-7-8-18(25-5)16(9-12)13(2)21-20(24)22(4)11-15-10-17(14(3)27-15)19(23)26-6/h7-10,13H,11H2,1-6H3,(H,21,24). The van der Waals surface area contributed by atoms with Crippen LogP contribution >= 0.6 is 0 Å². The van der Waals surface area contributed by atoms with Gasteiger partial charge in [-0.25, -0.2) is 9.59 Å². The summed E-state index contributed by atoms with van der Waals surface area (Å²) in [7, 11) is 4.58. The number of methoxy groups -OCH3 is 2. The molecular formula is C20H26N2O5. The highest BCUT2D eigenvalue weighted by atomic mass is 16.5. The Hall–Kier alpha value is -2.96.